The highest BCUT2D eigenvalue weighted by atomic mass is 32.2. The Morgan fingerprint density at radius 3 is 2.50 bits per heavy atom. The summed E-state index contributed by atoms with van der Waals surface area (Å²) in [6.07, 6.45) is 1.62. The van der Waals surface area contributed by atoms with Crippen molar-refractivity contribution < 1.29 is 13.2 Å². The summed E-state index contributed by atoms with van der Waals surface area (Å²) >= 11 is 1.82. The standard InChI is InChI=1S/C12H17N3O3S2/c13-10-7-8(12(14)16)1-2-11(10)20(17,18)15-9-3-5-19-6-4-9/h1-2,7,9,15H,3-6,13H2,(H2,14,16). The quantitative estimate of drug-likeness (QED) is 0.701. The monoisotopic (exact) mass is 315 g/mol. The molecule has 0 radical (unpaired) electrons. The molecule has 0 aliphatic carbocycles. The Morgan fingerprint density at radius 1 is 1.30 bits per heavy atom. The summed E-state index contributed by atoms with van der Waals surface area (Å²) in [4.78, 5) is 11.0. The highest BCUT2D eigenvalue weighted by Gasteiger charge is 2.24. The Labute approximate surface area is 122 Å². The number of amides is 1. The normalized spacial score (nSPS) is 17.0. The van der Waals surface area contributed by atoms with Crippen molar-refractivity contribution in [3.8, 4) is 0 Å². The Morgan fingerprint density at radius 2 is 1.95 bits per heavy atom. The first-order valence-corrected chi connectivity index (χ1v) is 8.83. The molecule has 0 aromatic heterocycles. The van der Waals surface area contributed by atoms with Gasteiger partial charge in [0.05, 0.1) is 5.69 Å². The molecule has 20 heavy (non-hydrogen) atoms. The van der Waals surface area contributed by atoms with E-state index in [1.807, 2.05) is 11.8 Å². The third kappa shape index (κ3) is 3.44. The van der Waals surface area contributed by atoms with Crippen LogP contribution < -0.4 is 16.2 Å². The second-order valence-electron chi connectivity index (χ2n) is 4.62. The summed E-state index contributed by atoms with van der Waals surface area (Å²) in [6.45, 7) is 0. The van der Waals surface area contributed by atoms with Gasteiger partial charge in [-0.3, -0.25) is 4.79 Å². The van der Waals surface area contributed by atoms with Gasteiger partial charge < -0.3 is 11.5 Å². The van der Waals surface area contributed by atoms with E-state index in [2.05, 4.69) is 4.72 Å². The van der Waals surface area contributed by atoms with E-state index >= 15 is 0 Å². The lowest BCUT2D eigenvalue weighted by atomic mass is 10.2. The topological polar surface area (TPSA) is 115 Å². The molecule has 1 aromatic rings. The van der Waals surface area contributed by atoms with Crippen molar-refractivity contribution in [2.24, 2.45) is 5.73 Å². The predicted molar refractivity (Wildman–Crippen MR) is 80.0 cm³/mol. The minimum Gasteiger partial charge on any atom is -0.398 e. The number of nitrogen functional groups attached to an aromatic ring is 1. The molecule has 1 saturated heterocycles. The Bertz CT molecular complexity index is 610. The molecular weight excluding hydrogens is 298 g/mol. The summed E-state index contributed by atoms with van der Waals surface area (Å²) in [5.74, 6) is 1.25. The van der Waals surface area contributed by atoms with Crippen LogP contribution in [0.5, 0.6) is 0 Å². The van der Waals surface area contributed by atoms with Gasteiger partial charge >= 0.3 is 0 Å². The maximum absolute atomic E-state index is 12.3. The van der Waals surface area contributed by atoms with E-state index in [9.17, 15) is 13.2 Å². The van der Waals surface area contributed by atoms with Gasteiger partial charge in [0.1, 0.15) is 4.90 Å². The predicted octanol–water partition coefficient (Wildman–Crippen LogP) is 0.542. The van der Waals surface area contributed by atoms with Crippen molar-refractivity contribution in [2.75, 3.05) is 17.2 Å². The third-order valence-electron chi connectivity index (χ3n) is 3.13. The second kappa shape index (κ2) is 6.02. The molecule has 0 saturated carbocycles. The van der Waals surface area contributed by atoms with Crippen molar-refractivity contribution in [1.29, 1.82) is 0 Å². The zero-order chi connectivity index (χ0) is 14.8. The average molecular weight is 315 g/mol. The van der Waals surface area contributed by atoms with E-state index in [1.54, 1.807) is 0 Å². The molecule has 1 heterocycles. The molecular formula is C12H17N3O3S2. The van der Waals surface area contributed by atoms with Crippen molar-refractivity contribution >= 4 is 33.4 Å². The molecule has 0 unspecified atom stereocenters. The van der Waals surface area contributed by atoms with E-state index in [1.165, 1.54) is 18.2 Å². The van der Waals surface area contributed by atoms with Crippen LogP contribution in [0.3, 0.4) is 0 Å². The number of carbonyl (C=O) groups excluding carboxylic acids is 1. The van der Waals surface area contributed by atoms with Crippen molar-refractivity contribution in [3.05, 3.63) is 23.8 Å². The van der Waals surface area contributed by atoms with Gasteiger partial charge in [-0.25, -0.2) is 13.1 Å². The smallest absolute Gasteiger partial charge is 0.248 e. The van der Waals surface area contributed by atoms with Crippen LogP contribution >= 0.6 is 11.8 Å². The zero-order valence-electron chi connectivity index (χ0n) is 10.8. The average Bonchev–Trinajstić information content (AvgIpc) is 2.38. The fraction of sp³-hybridized carbons (Fsp3) is 0.417. The molecule has 1 aromatic carbocycles. The Balaban J connectivity index is 2.22. The summed E-state index contributed by atoms with van der Waals surface area (Å²) in [5.41, 5.74) is 11.1. The molecule has 0 spiro atoms. The van der Waals surface area contributed by atoms with Gasteiger partial charge in [0.15, 0.2) is 0 Å². The van der Waals surface area contributed by atoms with Crippen LogP contribution in [0.1, 0.15) is 23.2 Å². The van der Waals surface area contributed by atoms with Gasteiger partial charge in [0.25, 0.3) is 0 Å². The van der Waals surface area contributed by atoms with Crippen LogP contribution in [0.15, 0.2) is 23.1 Å². The van der Waals surface area contributed by atoms with E-state index in [-0.39, 0.29) is 22.2 Å². The van der Waals surface area contributed by atoms with Crippen LogP contribution in [-0.4, -0.2) is 31.9 Å². The van der Waals surface area contributed by atoms with Crippen LogP contribution in [-0.2, 0) is 10.0 Å². The van der Waals surface area contributed by atoms with Gasteiger partial charge in [-0.05, 0) is 42.5 Å². The summed E-state index contributed by atoms with van der Waals surface area (Å²) < 4.78 is 27.2. The first-order valence-electron chi connectivity index (χ1n) is 6.19. The number of primary amides is 1. The summed E-state index contributed by atoms with van der Waals surface area (Å²) in [5, 5.41) is 0. The zero-order valence-corrected chi connectivity index (χ0v) is 12.5. The number of nitrogens with one attached hydrogen (secondary N) is 1. The lowest BCUT2D eigenvalue weighted by Crippen LogP contribution is -2.37. The van der Waals surface area contributed by atoms with E-state index < -0.39 is 15.9 Å². The largest absolute Gasteiger partial charge is 0.398 e. The van der Waals surface area contributed by atoms with Crippen molar-refractivity contribution in [3.63, 3.8) is 0 Å². The molecule has 2 rings (SSSR count). The lowest BCUT2D eigenvalue weighted by molar-refractivity contribution is 0.1000. The molecule has 1 amide bonds. The second-order valence-corrected chi connectivity index (χ2v) is 7.53. The number of sulfonamides is 1. The molecule has 110 valence electrons. The van der Waals surface area contributed by atoms with Gasteiger partial charge in [-0.1, -0.05) is 0 Å². The van der Waals surface area contributed by atoms with Crippen LogP contribution in [0.25, 0.3) is 0 Å². The number of hydrogen-bond acceptors (Lipinski definition) is 5. The van der Waals surface area contributed by atoms with Crippen LogP contribution in [0.2, 0.25) is 0 Å². The number of anilines is 1. The van der Waals surface area contributed by atoms with Gasteiger partial charge in [0.2, 0.25) is 15.9 Å². The Hall–Kier alpha value is -1.25. The molecule has 6 nitrogen and oxygen atoms in total. The third-order valence-corrected chi connectivity index (χ3v) is 5.77. The molecule has 1 aliphatic rings. The highest BCUT2D eigenvalue weighted by Crippen LogP contribution is 2.23. The Kier molecular flexibility index (Phi) is 4.56. The lowest BCUT2D eigenvalue weighted by Gasteiger charge is -2.22. The first kappa shape index (κ1) is 15.1. The number of hydrogen-bond donors (Lipinski definition) is 3. The molecule has 8 heteroatoms. The van der Waals surface area contributed by atoms with E-state index in [0.717, 1.165) is 24.3 Å². The summed E-state index contributed by atoms with van der Waals surface area (Å²) in [7, 11) is -3.67. The van der Waals surface area contributed by atoms with Crippen LogP contribution in [0.4, 0.5) is 5.69 Å². The van der Waals surface area contributed by atoms with E-state index in [4.69, 9.17) is 11.5 Å². The maximum Gasteiger partial charge on any atom is 0.248 e. The van der Waals surface area contributed by atoms with E-state index in [0.29, 0.717) is 0 Å². The molecule has 0 bridgehead atoms. The molecule has 5 N–H and O–H groups in total. The fourth-order valence-electron chi connectivity index (χ4n) is 2.04. The number of nitrogens with two attached hydrogens (primary N) is 2. The van der Waals surface area contributed by atoms with Gasteiger partial charge in [0, 0.05) is 11.6 Å². The van der Waals surface area contributed by atoms with Crippen molar-refractivity contribution in [2.45, 2.75) is 23.8 Å². The van der Waals surface area contributed by atoms with Crippen molar-refractivity contribution in [1.82, 2.24) is 4.72 Å². The first-order chi connectivity index (χ1) is 9.40. The molecule has 1 aliphatic heterocycles. The van der Waals surface area contributed by atoms with Gasteiger partial charge in [-0.15, -0.1) is 0 Å². The SMILES string of the molecule is NC(=O)c1ccc(S(=O)(=O)NC2CCSCC2)c(N)c1. The maximum atomic E-state index is 12.3. The highest BCUT2D eigenvalue weighted by molar-refractivity contribution is 7.99. The summed E-state index contributed by atoms with van der Waals surface area (Å²) in [6, 6.07) is 3.91. The van der Waals surface area contributed by atoms with Gasteiger partial charge in [-0.2, -0.15) is 11.8 Å². The number of benzene rings is 1. The van der Waals surface area contributed by atoms with Crippen LogP contribution in [0, 0.1) is 0 Å². The minimum absolute atomic E-state index is 0.0132. The minimum atomic E-state index is -3.67. The fourth-order valence-corrected chi connectivity index (χ4v) is 4.57. The number of rotatable bonds is 4. The molecule has 1 fully saturated rings. The number of carbonyl (C=O) groups is 1. The molecule has 0 atom stereocenters. The number of thioether (sulfide) groups is 1.